The molecule has 0 N–H and O–H groups in total. The Bertz CT molecular complexity index is 2200. The molecule has 0 fully saturated rings. The lowest BCUT2D eigenvalue weighted by molar-refractivity contribution is 0.662. The number of thiazole rings is 2. The Morgan fingerprint density at radius 2 is 0.951 bits per heavy atom. The summed E-state index contributed by atoms with van der Waals surface area (Å²) in [5.41, 5.74) is 12.0. The van der Waals surface area contributed by atoms with Gasteiger partial charge >= 0.3 is 0 Å². The van der Waals surface area contributed by atoms with Gasteiger partial charge in [-0.05, 0) is 70.8 Å². The summed E-state index contributed by atoms with van der Waals surface area (Å²) in [4.78, 5) is 28.9. The van der Waals surface area contributed by atoms with E-state index in [1.165, 1.54) is 22.3 Å². The molecule has 6 nitrogen and oxygen atoms in total. The summed E-state index contributed by atoms with van der Waals surface area (Å²) in [6.07, 6.45) is 3.65. The Morgan fingerprint density at radius 1 is 0.512 bits per heavy atom. The van der Waals surface area contributed by atoms with Crippen molar-refractivity contribution in [2.75, 3.05) is 0 Å². The van der Waals surface area contributed by atoms with Gasteiger partial charge < -0.3 is 0 Å². The monoisotopic (exact) mass is 564 g/mol. The van der Waals surface area contributed by atoms with Crippen LogP contribution in [0.3, 0.4) is 0 Å². The summed E-state index contributed by atoms with van der Waals surface area (Å²) in [5, 5.41) is 1.77. The molecule has 0 unspecified atom stereocenters. The van der Waals surface area contributed by atoms with E-state index in [1.54, 1.807) is 22.7 Å². The van der Waals surface area contributed by atoms with Crippen LogP contribution in [0.15, 0.2) is 85.2 Å². The highest BCUT2D eigenvalue weighted by molar-refractivity contribution is 7.22. The van der Waals surface area contributed by atoms with Gasteiger partial charge in [0.1, 0.15) is 21.4 Å². The van der Waals surface area contributed by atoms with Crippen molar-refractivity contribution >= 4 is 65.2 Å². The summed E-state index contributed by atoms with van der Waals surface area (Å²) in [6.45, 7) is 4.62. The number of benzene rings is 4. The van der Waals surface area contributed by atoms with Crippen molar-refractivity contribution in [2.24, 2.45) is 0 Å². The van der Waals surface area contributed by atoms with Crippen LogP contribution in [0.25, 0.3) is 75.0 Å². The number of hydrogen-bond donors (Lipinski definition) is 0. The van der Waals surface area contributed by atoms with Gasteiger partial charge in [-0.1, -0.05) is 38.1 Å². The lowest BCUT2D eigenvalue weighted by atomic mass is 9.82. The minimum Gasteiger partial charge on any atom is -0.252 e. The molecule has 0 aliphatic heterocycles. The number of fused-ring (bicyclic) bond motifs is 7. The molecule has 194 valence electrons. The van der Waals surface area contributed by atoms with Crippen molar-refractivity contribution in [3.63, 3.8) is 0 Å². The van der Waals surface area contributed by atoms with E-state index in [0.29, 0.717) is 0 Å². The molecule has 0 radical (unpaired) electrons. The number of nitrogens with zero attached hydrogens (tertiary/aromatic N) is 6. The second-order valence-corrected chi connectivity index (χ2v) is 12.9. The Morgan fingerprint density at radius 3 is 1.41 bits per heavy atom. The van der Waals surface area contributed by atoms with E-state index in [-0.39, 0.29) is 5.41 Å². The third-order valence-corrected chi connectivity index (χ3v) is 10.1. The Kier molecular flexibility index (Phi) is 4.61. The number of rotatable bonds is 2. The summed E-state index contributed by atoms with van der Waals surface area (Å²) >= 11 is 3.35. The first-order chi connectivity index (χ1) is 20.0. The summed E-state index contributed by atoms with van der Waals surface area (Å²) in [6, 6.07) is 25.0. The Balaban J connectivity index is 1.17. The second-order valence-electron chi connectivity index (χ2n) is 10.9. The molecule has 0 bridgehead atoms. The van der Waals surface area contributed by atoms with Crippen LogP contribution in [0, 0.1) is 0 Å². The molecule has 4 heterocycles. The lowest BCUT2D eigenvalue weighted by Crippen LogP contribution is -2.14. The largest absolute Gasteiger partial charge is 0.252 e. The third-order valence-electron chi connectivity index (χ3n) is 8.03. The van der Waals surface area contributed by atoms with Gasteiger partial charge in [0.2, 0.25) is 0 Å². The molecule has 4 aromatic heterocycles. The highest BCUT2D eigenvalue weighted by atomic mass is 32.1. The number of aromatic nitrogens is 6. The molecule has 9 rings (SSSR count). The zero-order valence-electron chi connectivity index (χ0n) is 22.1. The highest BCUT2D eigenvalue weighted by Gasteiger charge is 2.37. The van der Waals surface area contributed by atoms with Crippen molar-refractivity contribution in [1.82, 2.24) is 29.9 Å². The molecule has 0 atom stereocenters. The minimum atomic E-state index is -0.146. The predicted octanol–water partition coefficient (Wildman–Crippen LogP) is 8.43. The molecular formula is C33H20N6S2. The van der Waals surface area contributed by atoms with Crippen LogP contribution >= 0.6 is 22.7 Å². The summed E-state index contributed by atoms with van der Waals surface area (Å²) in [7, 11) is 0. The van der Waals surface area contributed by atoms with Crippen molar-refractivity contribution in [3.05, 3.63) is 96.3 Å². The van der Waals surface area contributed by atoms with E-state index < -0.39 is 0 Å². The molecule has 0 saturated carbocycles. The number of para-hydroxylation sites is 4. The SMILES string of the molecule is CC1(C)c2cc3sc(-c4cnc5ccccc5n4)nc3cc2-c2cc3nc(-c4cnc5ccccc5n4)sc3cc21. The van der Waals surface area contributed by atoms with Gasteiger partial charge in [-0.2, -0.15) is 0 Å². The van der Waals surface area contributed by atoms with Gasteiger partial charge in [0.15, 0.2) is 0 Å². The van der Waals surface area contributed by atoms with Crippen LogP contribution in [-0.4, -0.2) is 29.9 Å². The first-order valence-electron chi connectivity index (χ1n) is 13.4. The standard InChI is InChI=1S/C33H20N6S2/c1-33(2)19-13-29-25(38-31(40-29)27-15-34-21-7-3-5-9-23(21)36-27)11-17(19)18-12-26-30(14-20(18)33)41-32(39-26)28-16-35-22-8-4-6-10-24(22)37-28/h3-16H,1-2H3. The van der Waals surface area contributed by atoms with Crippen molar-refractivity contribution in [3.8, 4) is 32.5 Å². The first kappa shape index (κ1) is 23.1. The van der Waals surface area contributed by atoms with Crippen LogP contribution in [0.4, 0.5) is 0 Å². The van der Waals surface area contributed by atoms with Gasteiger partial charge in [0.25, 0.3) is 0 Å². The summed E-state index contributed by atoms with van der Waals surface area (Å²) < 4.78 is 2.32. The van der Waals surface area contributed by atoms with Crippen LogP contribution in [-0.2, 0) is 5.41 Å². The smallest absolute Gasteiger partial charge is 0.144 e. The molecule has 41 heavy (non-hydrogen) atoms. The zero-order chi connectivity index (χ0) is 27.3. The van der Waals surface area contributed by atoms with Gasteiger partial charge in [-0.25, -0.2) is 19.9 Å². The topological polar surface area (TPSA) is 77.3 Å². The fraction of sp³-hybridized carbons (Fsp3) is 0.0909. The van der Waals surface area contributed by atoms with E-state index in [1.807, 2.05) is 60.9 Å². The Hall–Kier alpha value is -4.66. The fourth-order valence-corrected chi connectivity index (χ4v) is 7.79. The van der Waals surface area contributed by atoms with Crippen molar-refractivity contribution < 1.29 is 0 Å². The zero-order valence-corrected chi connectivity index (χ0v) is 23.7. The van der Waals surface area contributed by atoms with Gasteiger partial charge in [-0.3, -0.25) is 9.97 Å². The van der Waals surface area contributed by atoms with Crippen LogP contribution in [0.2, 0.25) is 0 Å². The van der Waals surface area contributed by atoms with Gasteiger partial charge in [0, 0.05) is 5.41 Å². The van der Waals surface area contributed by atoms with E-state index in [4.69, 9.17) is 19.9 Å². The third kappa shape index (κ3) is 3.41. The lowest BCUT2D eigenvalue weighted by Gasteiger charge is -2.21. The average Bonchev–Trinajstić information content (AvgIpc) is 3.67. The molecule has 1 aliphatic carbocycles. The second kappa shape index (κ2) is 8.19. The number of hydrogen-bond acceptors (Lipinski definition) is 8. The minimum absolute atomic E-state index is 0.146. The van der Waals surface area contributed by atoms with Crippen LogP contribution in [0.5, 0.6) is 0 Å². The van der Waals surface area contributed by atoms with E-state index in [9.17, 15) is 0 Å². The maximum atomic E-state index is 5.01. The molecule has 0 spiro atoms. The maximum absolute atomic E-state index is 5.01. The van der Waals surface area contributed by atoms with Crippen molar-refractivity contribution in [2.45, 2.75) is 19.3 Å². The van der Waals surface area contributed by atoms with Crippen LogP contribution in [0.1, 0.15) is 25.0 Å². The van der Waals surface area contributed by atoms with Gasteiger partial charge in [-0.15, -0.1) is 22.7 Å². The molecule has 8 aromatic rings. The van der Waals surface area contributed by atoms with E-state index in [2.05, 4.69) is 48.1 Å². The molecule has 0 amide bonds. The van der Waals surface area contributed by atoms with Crippen molar-refractivity contribution in [1.29, 1.82) is 0 Å². The molecule has 0 saturated heterocycles. The average molecular weight is 565 g/mol. The van der Waals surface area contributed by atoms with E-state index >= 15 is 0 Å². The molecule has 1 aliphatic rings. The molecular weight excluding hydrogens is 545 g/mol. The highest BCUT2D eigenvalue weighted by Crippen LogP contribution is 2.52. The molecule has 8 heteroatoms. The van der Waals surface area contributed by atoms with Crippen LogP contribution < -0.4 is 0 Å². The maximum Gasteiger partial charge on any atom is 0.144 e. The summed E-state index contributed by atoms with van der Waals surface area (Å²) in [5.74, 6) is 0. The Labute approximate surface area is 242 Å². The molecule has 4 aromatic carbocycles. The van der Waals surface area contributed by atoms with Gasteiger partial charge in [0.05, 0.1) is 54.9 Å². The fourth-order valence-electron chi connectivity index (χ4n) is 5.91. The van der Waals surface area contributed by atoms with E-state index in [0.717, 1.165) is 63.9 Å². The predicted molar refractivity (Wildman–Crippen MR) is 167 cm³/mol. The normalized spacial score (nSPS) is 13.8. The quantitative estimate of drug-likeness (QED) is 0.210. The first-order valence-corrected chi connectivity index (χ1v) is 15.0.